The summed E-state index contributed by atoms with van der Waals surface area (Å²) in [7, 11) is 0. The third-order valence-electron chi connectivity index (χ3n) is 4.78. The highest BCUT2D eigenvalue weighted by atomic mass is 19.3. The van der Waals surface area contributed by atoms with Crippen molar-refractivity contribution in [3.63, 3.8) is 0 Å². The minimum Gasteiger partial charge on any atom is -0.494 e. The number of rotatable bonds is 9. The Balaban J connectivity index is 1.75. The lowest BCUT2D eigenvalue weighted by atomic mass is 9.79. The van der Waals surface area contributed by atoms with Crippen LogP contribution in [-0.2, 0) is 9.53 Å². The van der Waals surface area contributed by atoms with Gasteiger partial charge >= 0.3 is 5.97 Å². The largest absolute Gasteiger partial charge is 0.494 e. The van der Waals surface area contributed by atoms with Crippen LogP contribution < -0.4 is 4.74 Å². The van der Waals surface area contributed by atoms with E-state index in [1.165, 1.54) is 18.4 Å². The van der Waals surface area contributed by atoms with E-state index >= 15 is 0 Å². The van der Waals surface area contributed by atoms with Crippen molar-refractivity contribution in [1.82, 2.24) is 0 Å². The van der Waals surface area contributed by atoms with Gasteiger partial charge in [-0.05, 0) is 55.7 Å². The number of benzene rings is 1. The molecular weight excluding hydrogens is 326 g/mol. The molecule has 0 radical (unpaired) electrons. The first-order valence-corrected chi connectivity index (χ1v) is 9.27. The molecule has 5 heteroatoms. The Morgan fingerprint density at radius 1 is 1.12 bits per heavy atom. The first-order valence-electron chi connectivity index (χ1n) is 9.27. The molecule has 0 saturated heterocycles. The van der Waals surface area contributed by atoms with Crippen LogP contribution >= 0.6 is 0 Å². The standard InChI is InChI=1S/C20H28F2O3/c1-2-3-4-13-24-18-11-9-16(10-12-18)15-5-7-17(8-6-15)20(23)25-14-19(21)22/h9-12,15,17,19H,2-8,13-14H2,1H3. The number of esters is 1. The molecule has 0 N–H and O–H groups in total. The highest BCUT2D eigenvalue weighted by molar-refractivity contribution is 5.72. The molecule has 1 aliphatic rings. The summed E-state index contributed by atoms with van der Waals surface area (Å²) in [6.07, 6.45) is 3.99. The predicted octanol–water partition coefficient (Wildman–Crippen LogP) is 5.34. The molecule has 3 nitrogen and oxygen atoms in total. The average Bonchev–Trinajstić information content (AvgIpc) is 2.64. The summed E-state index contributed by atoms with van der Waals surface area (Å²) >= 11 is 0. The fraction of sp³-hybridized carbons (Fsp3) is 0.650. The van der Waals surface area contributed by atoms with Gasteiger partial charge in [0.05, 0.1) is 12.5 Å². The van der Waals surface area contributed by atoms with E-state index in [9.17, 15) is 13.6 Å². The second-order valence-corrected chi connectivity index (χ2v) is 6.69. The Kier molecular flexibility index (Phi) is 8.16. The van der Waals surface area contributed by atoms with Crippen LogP contribution in [0.2, 0.25) is 0 Å². The van der Waals surface area contributed by atoms with Crippen LogP contribution in [0.5, 0.6) is 5.75 Å². The summed E-state index contributed by atoms with van der Waals surface area (Å²) in [5, 5.41) is 0. The van der Waals surface area contributed by atoms with Gasteiger partial charge in [0.25, 0.3) is 6.43 Å². The van der Waals surface area contributed by atoms with Crippen LogP contribution in [0, 0.1) is 5.92 Å². The number of halogens is 2. The van der Waals surface area contributed by atoms with Gasteiger partial charge in [0.2, 0.25) is 0 Å². The van der Waals surface area contributed by atoms with Crippen molar-refractivity contribution in [2.24, 2.45) is 5.92 Å². The quantitative estimate of drug-likeness (QED) is 0.444. The summed E-state index contributed by atoms with van der Waals surface area (Å²) < 4.78 is 34.6. The molecule has 140 valence electrons. The van der Waals surface area contributed by atoms with E-state index in [0.717, 1.165) is 31.6 Å². The van der Waals surface area contributed by atoms with Gasteiger partial charge in [-0.1, -0.05) is 31.9 Å². The van der Waals surface area contributed by atoms with Crippen molar-refractivity contribution >= 4 is 5.97 Å². The van der Waals surface area contributed by atoms with Crippen molar-refractivity contribution in [1.29, 1.82) is 0 Å². The third-order valence-corrected chi connectivity index (χ3v) is 4.78. The molecule has 1 fully saturated rings. The van der Waals surface area contributed by atoms with E-state index in [0.29, 0.717) is 18.8 Å². The molecule has 1 aromatic rings. The Bertz CT molecular complexity index is 508. The zero-order valence-corrected chi connectivity index (χ0v) is 14.9. The predicted molar refractivity (Wildman–Crippen MR) is 93.1 cm³/mol. The molecule has 0 heterocycles. The van der Waals surface area contributed by atoms with E-state index < -0.39 is 19.0 Å². The van der Waals surface area contributed by atoms with Crippen LogP contribution in [0.1, 0.15) is 63.4 Å². The van der Waals surface area contributed by atoms with Gasteiger partial charge in [-0.15, -0.1) is 0 Å². The Morgan fingerprint density at radius 2 is 1.80 bits per heavy atom. The van der Waals surface area contributed by atoms with E-state index in [1.807, 2.05) is 12.1 Å². The minimum atomic E-state index is -2.59. The van der Waals surface area contributed by atoms with Crippen LogP contribution in [0.3, 0.4) is 0 Å². The fourth-order valence-corrected chi connectivity index (χ4v) is 3.30. The topological polar surface area (TPSA) is 35.5 Å². The van der Waals surface area contributed by atoms with Crippen molar-refractivity contribution in [3.05, 3.63) is 29.8 Å². The second kappa shape index (κ2) is 10.4. The van der Waals surface area contributed by atoms with E-state index in [2.05, 4.69) is 23.8 Å². The molecule has 0 atom stereocenters. The Morgan fingerprint density at radius 3 is 2.40 bits per heavy atom. The summed E-state index contributed by atoms with van der Waals surface area (Å²) in [4.78, 5) is 11.8. The SMILES string of the molecule is CCCCCOc1ccc(C2CCC(C(=O)OCC(F)F)CC2)cc1. The zero-order chi connectivity index (χ0) is 18.1. The molecular formula is C20H28F2O3. The second-order valence-electron chi connectivity index (χ2n) is 6.69. The smallest absolute Gasteiger partial charge is 0.309 e. The van der Waals surface area contributed by atoms with Gasteiger partial charge in [-0.3, -0.25) is 4.79 Å². The van der Waals surface area contributed by atoms with Gasteiger partial charge < -0.3 is 9.47 Å². The van der Waals surface area contributed by atoms with E-state index in [4.69, 9.17) is 4.74 Å². The summed E-state index contributed by atoms with van der Waals surface area (Å²) in [6.45, 7) is 2.12. The Hall–Kier alpha value is -1.65. The van der Waals surface area contributed by atoms with Crippen molar-refractivity contribution in [2.45, 2.75) is 64.2 Å². The first kappa shape index (κ1) is 19.7. The molecule has 0 aromatic heterocycles. The van der Waals surface area contributed by atoms with Gasteiger partial charge in [-0.25, -0.2) is 8.78 Å². The maximum atomic E-state index is 12.1. The fourth-order valence-electron chi connectivity index (χ4n) is 3.30. The van der Waals surface area contributed by atoms with Gasteiger partial charge in [0.15, 0.2) is 6.61 Å². The molecule has 1 saturated carbocycles. The molecule has 2 rings (SSSR count). The number of unbranched alkanes of at least 4 members (excludes halogenated alkanes) is 2. The number of hydrogen-bond acceptors (Lipinski definition) is 3. The molecule has 0 bridgehead atoms. The lowest BCUT2D eigenvalue weighted by Gasteiger charge is -2.27. The summed E-state index contributed by atoms with van der Waals surface area (Å²) in [6, 6.07) is 8.19. The monoisotopic (exact) mass is 354 g/mol. The van der Waals surface area contributed by atoms with E-state index in [1.54, 1.807) is 0 Å². The van der Waals surface area contributed by atoms with Crippen LogP contribution in [-0.4, -0.2) is 25.6 Å². The van der Waals surface area contributed by atoms with E-state index in [-0.39, 0.29) is 5.92 Å². The van der Waals surface area contributed by atoms with Crippen LogP contribution in [0.15, 0.2) is 24.3 Å². The van der Waals surface area contributed by atoms with Gasteiger partial charge in [-0.2, -0.15) is 0 Å². The molecule has 0 unspecified atom stereocenters. The number of carbonyl (C=O) groups excluding carboxylic acids is 1. The summed E-state index contributed by atoms with van der Waals surface area (Å²) in [5.41, 5.74) is 1.25. The lowest BCUT2D eigenvalue weighted by Crippen LogP contribution is -2.24. The van der Waals surface area contributed by atoms with Crippen molar-refractivity contribution in [3.8, 4) is 5.75 Å². The van der Waals surface area contributed by atoms with Crippen LogP contribution in [0.4, 0.5) is 8.78 Å². The molecule has 1 aliphatic carbocycles. The highest BCUT2D eigenvalue weighted by Crippen LogP contribution is 2.36. The molecule has 0 spiro atoms. The number of alkyl halides is 2. The number of hydrogen-bond donors (Lipinski definition) is 0. The molecule has 0 aliphatic heterocycles. The molecule has 25 heavy (non-hydrogen) atoms. The number of carbonyl (C=O) groups is 1. The van der Waals surface area contributed by atoms with Crippen molar-refractivity contribution < 1.29 is 23.0 Å². The summed E-state index contributed by atoms with van der Waals surface area (Å²) in [5.74, 6) is 0.586. The minimum absolute atomic E-state index is 0.240. The van der Waals surface area contributed by atoms with Gasteiger partial charge in [0, 0.05) is 0 Å². The zero-order valence-electron chi connectivity index (χ0n) is 14.9. The number of ether oxygens (including phenoxy) is 2. The Labute approximate surface area is 148 Å². The lowest BCUT2D eigenvalue weighted by molar-refractivity contribution is -0.153. The highest BCUT2D eigenvalue weighted by Gasteiger charge is 2.28. The maximum Gasteiger partial charge on any atom is 0.309 e. The van der Waals surface area contributed by atoms with Crippen molar-refractivity contribution in [2.75, 3.05) is 13.2 Å². The molecule has 1 aromatic carbocycles. The third kappa shape index (κ3) is 6.63. The first-order chi connectivity index (χ1) is 12.1. The molecule has 0 amide bonds. The normalized spacial score (nSPS) is 20.5. The van der Waals surface area contributed by atoms with Crippen LogP contribution in [0.25, 0.3) is 0 Å². The van der Waals surface area contributed by atoms with Gasteiger partial charge in [0.1, 0.15) is 5.75 Å². The average molecular weight is 354 g/mol. The maximum absolute atomic E-state index is 12.1.